The first-order chi connectivity index (χ1) is 21.6. The number of aromatic nitrogens is 3. The monoisotopic (exact) mass is 621 g/mol. The summed E-state index contributed by atoms with van der Waals surface area (Å²) in [6, 6.07) is 11.9. The Balaban J connectivity index is 1.23. The van der Waals surface area contributed by atoms with E-state index in [1.807, 2.05) is 4.90 Å². The van der Waals surface area contributed by atoms with Gasteiger partial charge in [0, 0.05) is 61.9 Å². The van der Waals surface area contributed by atoms with Gasteiger partial charge in [0.05, 0.1) is 31.4 Å². The van der Waals surface area contributed by atoms with E-state index in [4.69, 9.17) is 23.5 Å². The number of fused-ring (bicyclic) bond motifs is 1. The normalized spacial score (nSPS) is 16.2. The third-order valence-corrected chi connectivity index (χ3v) is 7.75. The Bertz CT molecular complexity index is 1680. The molecule has 4 aromatic rings. The van der Waals surface area contributed by atoms with Crippen molar-refractivity contribution in [2.24, 2.45) is 0 Å². The SMILES string of the molecule is COCCOc1cc2c(cc1F)c(-c1cc(-c3ccc(C(=O)N4CCN(C5COC5)CC4)cc3)no1)nn2C(=O)OC(C)(C)C. The van der Waals surface area contributed by atoms with Gasteiger partial charge in [0.1, 0.15) is 23.6 Å². The first-order valence-corrected chi connectivity index (χ1v) is 14.9. The summed E-state index contributed by atoms with van der Waals surface area (Å²) >= 11 is 0. The average molecular weight is 622 g/mol. The van der Waals surface area contributed by atoms with Crippen molar-refractivity contribution in [3.8, 4) is 28.5 Å². The lowest BCUT2D eigenvalue weighted by atomic mass is 10.1. The minimum absolute atomic E-state index is 0.0151. The number of piperazine rings is 1. The quantitative estimate of drug-likeness (QED) is 0.261. The third-order valence-electron chi connectivity index (χ3n) is 7.75. The summed E-state index contributed by atoms with van der Waals surface area (Å²) in [7, 11) is 1.52. The van der Waals surface area contributed by atoms with Crippen molar-refractivity contribution in [1.29, 1.82) is 0 Å². The van der Waals surface area contributed by atoms with E-state index < -0.39 is 17.5 Å². The standard InChI is InChI=1S/C32H36FN5O7/c1-32(2,3)44-31(40)38-26-17-27(43-14-13-41-4)24(33)15-23(26)29(34-38)28-16-25(35-45-28)20-5-7-21(8-6-20)30(39)37-11-9-36(10-12-37)22-18-42-19-22/h5-8,15-17,22H,9-14,18-19H2,1-4H3. The zero-order valence-corrected chi connectivity index (χ0v) is 25.7. The minimum atomic E-state index is -0.792. The molecule has 0 saturated carbocycles. The predicted octanol–water partition coefficient (Wildman–Crippen LogP) is 4.46. The molecule has 2 saturated heterocycles. The van der Waals surface area contributed by atoms with Gasteiger partial charge in [-0.15, -0.1) is 0 Å². The molecule has 2 aromatic heterocycles. The Labute approximate surface area is 259 Å². The van der Waals surface area contributed by atoms with Crippen LogP contribution in [0.2, 0.25) is 0 Å². The number of methoxy groups -OCH3 is 1. The highest BCUT2D eigenvalue weighted by molar-refractivity contribution is 5.98. The first kappa shape index (κ1) is 30.7. The van der Waals surface area contributed by atoms with Crippen LogP contribution in [0.5, 0.6) is 5.75 Å². The third kappa shape index (κ3) is 6.56. The highest BCUT2D eigenvalue weighted by Gasteiger charge is 2.31. The van der Waals surface area contributed by atoms with Crippen LogP contribution in [-0.2, 0) is 14.2 Å². The van der Waals surface area contributed by atoms with Gasteiger partial charge in [-0.3, -0.25) is 9.69 Å². The molecule has 45 heavy (non-hydrogen) atoms. The molecule has 0 atom stereocenters. The van der Waals surface area contributed by atoms with Crippen LogP contribution >= 0.6 is 0 Å². The number of nitrogens with zero attached hydrogens (tertiary/aromatic N) is 5. The number of carbonyl (C=O) groups excluding carboxylic acids is 2. The van der Waals surface area contributed by atoms with Gasteiger partial charge in [0.2, 0.25) is 0 Å². The smallest absolute Gasteiger partial charge is 0.435 e. The lowest BCUT2D eigenvalue weighted by Crippen LogP contribution is -2.57. The second-order valence-electron chi connectivity index (χ2n) is 12.1. The van der Waals surface area contributed by atoms with Crippen LogP contribution in [0.3, 0.4) is 0 Å². The molecular weight excluding hydrogens is 585 g/mol. The molecule has 6 rings (SSSR count). The van der Waals surface area contributed by atoms with Crippen LogP contribution in [0.25, 0.3) is 33.6 Å². The van der Waals surface area contributed by atoms with Crippen molar-refractivity contribution in [2.75, 3.05) is 59.7 Å². The minimum Gasteiger partial charge on any atom is -0.488 e. The zero-order valence-electron chi connectivity index (χ0n) is 25.7. The fourth-order valence-corrected chi connectivity index (χ4v) is 5.30. The van der Waals surface area contributed by atoms with Crippen LogP contribution in [0, 0.1) is 5.82 Å². The number of amides is 1. The van der Waals surface area contributed by atoms with E-state index in [-0.39, 0.29) is 41.8 Å². The number of rotatable bonds is 8. The molecule has 0 N–H and O–H groups in total. The van der Waals surface area contributed by atoms with Crippen LogP contribution in [0.15, 0.2) is 47.0 Å². The van der Waals surface area contributed by atoms with Crippen LogP contribution in [0.4, 0.5) is 9.18 Å². The number of ether oxygens (including phenoxy) is 4. The van der Waals surface area contributed by atoms with Crippen LogP contribution < -0.4 is 4.74 Å². The van der Waals surface area contributed by atoms with Crippen molar-refractivity contribution in [3.63, 3.8) is 0 Å². The van der Waals surface area contributed by atoms with E-state index in [0.29, 0.717) is 41.3 Å². The second kappa shape index (κ2) is 12.6. The first-order valence-electron chi connectivity index (χ1n) is 14.9. The van der Waals surface area contributed by atoms with Gasteiger partial charge >= 0.3 is 6.09 Å². The predicted molar refractivity (Wildman–Crippen MR) is 162 cm³/mol. The van der Waals surface area contributed by atoms with E-state index in [1.54, 1.807) is 51.1 Å². The molecule has 4 heterocycles. The van der Waals surface area contributed by atoms with Crippen LogP contribution in [-0.4, -0.2) is 108 Å². The van der Waals surface area contributed by atoms with E-state index in [9.17, 15) is 9.59 Å². The molecule has 2 aromatic carbocycles. The molecule has 12 nitrogen and oxygen atoms in total. The van der Waals surface area contributed by atoms with Crippen molar-refractivity contribution in [1.82, 2.24) is 24.7 Å². The van der Waals surface area contributed by atoms with Gasteiger partial charge < -0.3 is 28.4 Å². The molecule has 0 aliphatic carbocycles. The fraction of sp³-hybridized carbons (Fsp3) is 0.438. The lowest BCUT2D eigenvalue weighted by Gasteiger charge is -2.42. The summed E-state index contributed by atoms with van der Waals surface area (Å²) in [5.74, 6) is -0.487. The van der Waals surface area contributed by atoms with E-state index in [2.05, 4.69) is 15.2 Å². The van der Waals surface area contributed by atoms with E-state index in [0.717, 1.165) is 31.0 Å². The van der Waals surface area contributed by atoms with Crippen molar-refractivity contribution >= 4 is 22.9 Å². The average Bonchev–Trinajstić information content (AvgIpc) is 3.61. The van der Waals surface area contributed by atoms with Gasteiger partial charge in [-0.25, -0.2) is 9.18 Å². The molecule has 1 amide bonds. The Kier molecular flexibility index (Phi) is 8.58. The molecule has 0 spiro atoms. The Hall–Kier alpha value is -4.33. The second-order valence-corrected chi connectivity index (χ2v) is 12.1. The van der Waals surface area contributed by atoms with Gasteiger partial charge in [-0.2, -0.15) is 9.78 Å². The van der Waals surface area contributed by atoms with Gasteiger partial charge in [0.25, 0.3) is 5.91 Å². The molecule has 2 aliphatic rings. The molecule has 0 unspecified atom stereocenters. The van der Waals surface area contributed by atoms with Gasteiger partial charge in [-0.1, -0.05) is 17.3 Å². The van der Waals surface area contributed by atoms with Crippen molar-refractivity contribution < 1.29 is 37.5 Å². The van der Waals surface area contributed by atoms with Crippen LogP contribution in [0.1, 0.15) is 31.1 Å². The molecule has 2 fully saturated rings. The highest BCUT2D eigenvalue weighted by atomic mass is 19.1. The maximum atomic E-state index is 15.1. The highest BCUT2D eigenvalue weighted by Crippen LogP contribution is 2.35. The maximum absolute atomic E-state index is 15.1. The number of benzene rings is 2. The molecular formula is C32H36FN5O7. The number of halogens is 1. The topological polar surface area (TPSA) is 121 Å². The molecule has 13 heteroatoms. The van der Waals surface area contributed by atoms with Gasteiger partial charge in [-0.05, 0) is 39.0 Å². The molecule has 2 aliphatic heterocycles. The van der Waals surface area contributed by atoms with Crippen molar-refractivity contribution in [2.45, 2.75) is 32.4 Å². The lowest BCUT2D eigenvalue weighted by molar-refractivity contribution is -0.0746. The molecule has 238 valence electrons. The number of hydrogen-bond acceptors (Lipinski definition) is 10. The largest absolute Gasteiger partial charge is 0.488 e. The number of carbonyl (C=O) groups is 2. The Morgan fingerprint density at radius 1 is 1.02 bits per heavy atom. The zero-order chi connectivity index (χ0) is 31.7. The summed E-state index contributed by atoms with van der Waals surface area (Å²) in [6.45, 7) is 10.2. The molecule has 0 bridgehead atoms. The fourth-order valence-electron chi connectivity index (χ4n) is 5.30. The Morgan fingerprint density at radius 3 is 2.40 bits per heavy atom. The summed E-state index contributed by atoms with van der Waals surface area (Å²) in [5, 5.41) is 8.95. The van der Waals surface area contributed by atoms with E-state index >= 15 is 4.39 Å². The summed E-state index contributed by atoms with van der Waals surface area (Å²) in [5.41, 5.74) is 1.48. The summed E-state index contributed by atoms with van der Waals surface area (Å²) < 4.78 is 43.1. The molecule has 0 radical (unpaired) electrons. The summed E-state index contributed by atoms with van der Waals surface area (Å²) in [6.07, 6.45) is -0.744. The summed E-state index contributed by atoms with van der Waals surface area (Å²) in [4.78, 5) is 30.5. The van der Waals surface area contributed by atoms with Gasteiger partial charge in [0.15, 0.2) is 17.3 Å². The number of hydrogen-bond donors (Lipinski definition) is 0. The van der Waals surface area contributed by atoms with Crippen molar-refractivity contribution in [3.05, 3.63) is 53.8 Å². The Morgan fingerprint density at radius 2 is 1.76 bits per heavy atom. The maximum Gasteiger partial charge on any atom is 0.435 e. The van der Waals surface area contributed by atoms with E-state index in [1.165, 1.54) is 19.2 Å².